The number of ether oxygens (including phenoxy) is 1. The van der Waals surface area contributed by atoms with Crippen LogP contribution in [0.3, 0.4) is 0 Å². The number of para-hydroxylation sites is 2. The van der Waals surface area contributed by atoms with Gasteiger partial charge in [0.05, 0.1) is 13.2 Å². The quantitative estimate of drug-likeness (QED) is 0.725. The van der Waals surface area contributed by atoms with E-state index >= 15 is 0 Å². The van der Waals surface area contributed by atoms with Gasteiger partial charge in [-0.15, -0.1) is 0 Å². The average Bonchev–Trinajstić information content (AvgIpc) is 3.00. The van der Waals surface area contributed by atoms with Gasteiger partial charge in [0.25, 0.3) is 6.01 Å². The predicted molar refractivity (Wildman–Crippen MR) is 81.3 cm³/mol. The van der Waals surface area contributed by atoms with Gasteiger partial charge in [0.2, 0.25) is 0 Å². The number of fused-ring (bicyclic) bond motifs is 1. The number of benzene rings is 2. The van der Waals surface area contributed by atoms with Crippen molar-refractivity contribution in [2.24, 2.45) is 0 Å². The molecule has 0 amide bonds. The molecule has 1 aliphatic heterocycles. The Labute approximate surface area is 127 Å². The van der Waals surface area contributed by atoms with Gasteiger partial charge in [-0.05, 0) is 29.8 Å². The second kappa shape index (κ2) is 5.42. The first-order valence-corrected chi connectivity index (χ1v) is 7.27. The number of nitrogens with zero attached hydrogens (tertiary/aromatic N) is 2. The highest BCUT2D eigenvalue weighted by Crippen LogP contribution is 2.28. The monoisotopic (exact) mass is 298 g/mol. The Morgan fingerprint density at radius 1 is 1.09 bits per heavy atom. The normalized spacial score (nSPS) is 18.8. The standard InChI is InChI=1S/C17H15FN2O2/c18-13-7-5-12(6-8-13)16-11-20(9-10-21-16)17-19-14-3-1-2-4-15(14)22-17/h1-8,16H,9-11H2/t16-/m1/s1. The maximum absolute atomic E-state index is 13.0. The van der Waals surface area contributed by atoms with Crippen molar-refractivity contribution < 1.29 is 13.5 Å². The van der Waals surface area contributed by atoms with Gasteiger partial charge in [-0.1, -0.05) is 24.3 Å². The second-order valence-electron chi connectivity index (χ2n) is 5.32. The Kier molecular flexibility index (Phi) is 3.27. The highest BCUT2D eigenvalue weighted by atomic mass is 19.1. The van der Waals surface area contributed by atoms with Crippen LogP contribution in [0.25, 0.3) is 11.1 Å². The van der Waals surface area contributed by atoms with Crippen molar-refractivity contribution in [2.45, 2.75) is 6.10 Å². The SMILES string of the molecule is Fc1ccc([C@H]2CN(c3nc4ccccc4o3)CCO2)cc1. The minimum absolute atomic E-state index is 0.107. The molecule has 0 saturated carbocycles. The van der Waals surface area contributed by atoms with Gasteiger partial charge in [0.1, 0.15) is 17.4 Å². The smallest absolute Gasteiger partial charge is 0.298 e. The first-order chi connectivity index (χ1) is 10.8. The zero-order chi connectivity index (χ0) is 14.9. The van der Waals surface area contributed by atoms with E-state index in [0.29, 0.717) is 19.2 Å². The minimum atomic E-state index is -0.240. The van der Waals surface area contributed by atoms with E-state index in [1.165, 1.54) is 12.1 Å². The molecule has 2 aromatic carbocycles. The summed E-state index contributed by atoms with van der Waals surface area (Å²) >= 11 is 0. The number of hydrogen-bond donors (Lipinski definition) is 0. The molecule has 5 heteroatoms. The molecule has 1 fully saturated rings. The van der Waals surface area contributed by atoms with Crippen molar-refractivity contribution in [3.8, 4) is 0 Å². The average molecular weight is 298 g/mol. The van der Waals surface area contributed by atoms with Crippen LogP contribution in [0, 0.1) is 5.82 Å². The van der Waals surface area contributed by atoms with E-state index in [1.807, 2.05) is 24.3 Å². The third kappa shape index (κ3) is 2.44. The molecule has 4 rings (SSSR count). The molecule has 0 radical (unpaired) electrons. The molecular formula is C17H15FN2O2. The number of oxazole rings is 1. The van der Waals surface area contributed by atoms with Crippen LogP contribution >= 0.6 is 0 Å². The molecule has 0 aliphatic carbocycles. The van der Waals surface area contributed by atoms with Crippen LogP contribution in [0.4, 0.5) is 10.4 Å². The summed E-state index contributed by atoms with van der Waals surface area (Å²) in [5, 5.41) is 0. The fourth-order valence-corrected chi connectivity index (χ4v) is 2.70. The third-order valence-corrected chi connectivity index (χ3v) is 3.86. The van der Waals surface area contributed by atoms with Crippen molar-refractivity contribution >= 4 is 17.1 Å². The second-order valence-corrected chi connectivity index (χ2v) is 5.32. The number of hydrogen-bond acceptors (Lipinski definition) is 4. The molecule has 0 spiro atoms. The van der Waals surface area contributed by atoms with Crippen LogP contribution in [-0.2, 0) is 4.74 Å². The van der Waals surface area contributed by atoms with E-state index in [1.54, 1.807) is 12.1 Å². The largest absolute Gasteiger partial charge is 0.423 e. The molecule has 112 valence electrons. The number of morpholine rings is 1. The van der Waals surface area contributed by atoms with E-state index in [9.17, 15) is 4.39 Å². The molecular weight excluding hydrogens is 283 g/mol. The summed E-state index contributed by atoms with van der Waals surface area (Å²) in [6, 6.07) is 14.7. The van der Waals surface area contributed by atoms with Crippen molar-refractivity contribution in [3.05, 3.63) is 59.9 Å². The van der Waals surface area contributed by atoms with Gasteiger partial charge in [-0.25, -0.2) is 4.39 Å². The lowest BCUT2D eigenvalue weighted by Gasteiger charge is -2.32. The molecule has 1 atom stereocenters. The Hall–Kier alpha value is -2.40. The molecule has 4 nitrogen and oxygen atoms in total. The van der Waals surface area contributed by atoms with Crippen LogP contribution in [0.15, 0.2) is 52.9 Å². The summed E-state index contributed by atoms with van der Waals surface area (Å²) in [5.74, 6) is -0.240. The number of halogens is 1. The fraction of sp³-hybridized carbons (Fsp3) is 0.235. The Morgan fingerprint density at radius 3 is 2.73 bits per heavy atom. The molecule has 22 heavy (non-hydrogen) atoms. The summed E-state index contributed by atoms with van der Waals surface area (Å²) in [5.41, 5.74) is 2.59. The summed E-state index contributed by atoms with van der Waals surface area (Å²) in [6.07, 6.45) is -0.107. The van der Waals surface area contributed by atoms with Crippen molar-refractivity contribution in [3.63, 3.8) is 0 Å². The topological polar surface area (TPSA) is 38.5 Å². The highest BCUT2D eigenvalue weighted by molar-refractivity contribution is 5.74. The highest BCUT2D eigenvalue weighted by Gasteiger charge is 2.25. The lowest BCUT2D eigenvalue weighted by molar-refractivity contribution is 0.0381. The van der Waals surface area contributed by atoms with E-state index in [2.05, 4.69) is 9.88 Å². The van der Waals surface area contributed by atoms with E-state index in [4.69, 9.17) is 9.15 Å². The zero-order valence-electron chi connectivity index (χ0n) is 11.9. The van der Waals surface area contributed by atoms with Gasteiger partial charge in [0, 0.05) is 6.54 Å². The number of aromatic nitrogens is 1. The van der Waals surface area contributed by atoms with Crippen LogP contribution in [-0.4, -0.2) is 24.7 Å². The van der Waals surface area contributed by atoms with Crippen molar-refractivity contribution in [1.29, 1.82) is 0 Å². The fourth-order valence-electron chi connectivity index (χ4n) is 2.70. The maximum Gasteiger partial charge on any atom is 0.298 e. The van der Waals surface area contributed by atoms with Crippen molar-refractivity contribution in [1.82, 2.24) is 4.98 Å². The zero-order valence-corrected chi connectivity index (χ0v) is 11.9. The molecule has 1 saturated heterocycles. The number of anilines is 1. The van der Waals surface area contributed by atoms with Crippen molar-refractivity contribution in [2.75, 3.05) is 24.6 Å². The third-order valence-electron chi connectivity index (χ3n) is 3.86. The lowest BCUT2D eigenvalue weighted by atomic mass is 10.1. The van der Waals surface area contributed by atoms with Gasteiger partial charge in [-0.2, -0.15) is 4.98 Å². The van der Waals surface area contributed by atoms with Gasteiger partial charge >= 0.3 is 0 Å². The molecule has 1 aliphatic rings. The van der Waals surface area contributed by atoms with Gasteiger partial charge in [-0.3, -0.25) is 0 Å². The lowest BCUT2D eigenvalue weighted by Crippen LogP contribution is -2.38. The Bertz CT molecular complexity index is 752. The van der Waals surface area contributed by atoms with Gasteiger partial charge < -0.3 is 14.1 Å². The minimum Gasteiger partial charge on any atom is -0.423 e. The molecule has 2 heterocycles. The first-order valence-electron chi connectivity index (χ1n) is 7.27. The predicted octanol–water partition coefficient (Wildman–Crippen LogP) is 3.54. The summed E-state index contributed by atoms with van der Waals surface area (Å²) < 4.78 is 24.6. The molecule has 1 aromatic heterocycles. The Morgan fingerprint density at radius 2 is 1.91 bits per heavy atom. The van der Waals surface area contributed by atoms with E-state index in [0.717, 1.165) is 23.2 Å². The summed E-state index contributed by atoms with van der Waals surface area (Å²) in [6.45, 7) is 1.95. The van der Waals surface area contributed by atoms with E-state index in [-0.39, 0.29) is 11.9 Å². The Balaban J connectivity index is 1.58. The molecule has 0 unspecified atom stereocenters. The van der Waals surface area contributed by atoms with Crippen LogP contribution < -0.4 is 4.90 Å². The molecule has 3 aromatic rings. The molecule has 0 N–H and O–H groups in total. The van der Waals surface area contributed by atoms with Crippen LogP contribution in [0.5, 0.6) is 0 Å². The molecule has 0 bridgehead atoms. The van der Waals surface area contributed by atoms with Gasteiger partial charge in [0.15, 0.2) is 5.58 Å². The summed E-state index contributed by atoms with van der Waals surface area (Å²) in [7, 11) is 0. The maximum atomic E-state index is 13.0. The van der Waals surface area contributed by atoms with E-state index < -0.39 is 0 Å². The number of rotatable bonds is 2. The van der Waals surface area contributed by atoms with Crippen LogP contribution in [0.2, 0.25) is 0 Å². The first kappa shape index (κ1) is 13.3. The summed E-state index contributed by atoms with van der Waals surface area (Å²) in [4.78, 5) is 6.59. The van der Waals surface area contributed by atoms with Crippen LogP contribution in [0.1, 0.15) is 11.7 Å².